The molecule has 0 radical (unpaired) electrons. The van der Waals surface area contributed by atoms with Crippen LogP contribution in [0.2, 0.25) is 0 Å². The van der Waals surface area contributed by atoms with E-state index in [1.54, 1.807) is 13.8 Å². The summed E-state index contributed by atoms with van der Waals surface area (Å²) in [6.45, 7) is 4.97. The minimum Gasteiger partial charge on any atom is -0.480 e. The molecule has 20 heavy (non-hydrogen) atoms. The molecule has 0 spiro atoms. The maximum atomic E-state index is 13.8. The van der Waals surface area contributed by atoms with Gasteiger partial charge in [0.2, 0.25) is 0 Å². The highest BCUT2D eigenvalue weighted by molar-refractivity contribution is 5.97. The van der Waals surface area contributed by atoms with E-state index in [1.807, 2.05) is 0 Å². The van der Waals surface area contributed by atoms with E-state index < -0.39 is 35.1 Å². The van der Waals surface area contributed by atoms with Gasteiger partial charge in [0.05, 0.1) is 0 Å². The lowest BCUT2D eigenvalue weighted by Crippen LogP contribution is -2.42. The third-order valence-corrected chi connectivity index (χ3v) is 2.82. The summed E-state index contributed by atoms with van der Waals surface area (Å²) in [7, 11) is 0. The fourth-order valence-electron chi connectivity index (χ4n) is 1.79. The van der Waals surface area contributed by atoms with Gasteiger partial charge in [-0.3, -0.25) is 4.79 Å². The predicted octanol–water partition coefficient (Wildman–Crippen LogP) is 2.50. The van der Waals surface area contributed by atoms with Crippen LogP contribution in [0.25, 0.3) is 0 Å². The molecule has 0 aliphatic rings. The molecule has 1 aromatic rings. The van der Waals surface area contributed by atoms with Gasteiger partial charge in [-0.1, -0.05) is 19.9 Å². The van der Waals surface area contributed by atoms with Gasteiger partial charge >= 0.3 is 5.97 Å². The van der Waals surface area contributed by atoms with Crippen molar-refractivity contribution in [2.75, 3.05) is 0 Å². The number of carboxylic acid groups (broad SMARTS) is 1. The molecule has 1 amide bonds. The van der Waals surface area contributed by atoms with Gasteiger partial charge in [0.1, 0.15) is 23.2 Å². The van der Waals surface area contributed by atoms with Crippen molar-refractivity contribution >= 4 is 11.9 Å². The first-order chi connectivity index (χ1) is 9.23. The molecule has 1 atom stereocenters. The maximum Gasteiger partial charge on any atom is 0.326 e. The van der Waals surface area contributed by atoms with Crippen LogP contribution in [0.4, 0.5) is 8.78 Å². The molecule has 110 valence electrons. The number of hydrogen-bond donors (Lipinski definition) is 2. The highest BCUT2D eigenvalue weighted by atomic mass is 19.1. The lowest BCUT2D eigenvalue weighted by atomic mass is 10.0. The van der Waals surface area contributed by atoms with Crippen LogP contribution < -0.4 is 5.32 Å². The zero-order chi connectivity index (χ0) is 15.4. The van der Waals surface area contributed by atoms with E-state index >= 15 is 0 Å². The molecule has 0 saturated carbocycles. The Hall–Kier alpha value is -1.98. The highest BCUT2D eigenvalue weighted by Crippen LogP contribution is 2.17. The first-order valence-electron chi connectivity index (χ1n) is 6.22. The number of rotatable bonds is 5. The van der Waals surface area contributed by atoms with Gasteiger partial charge in [-0.2, -0.15) is 0 Å². The van der Waals surface area contributed by atoms with Gasteiger partial charge in [-0.15, -0.1) is 0 Å². The van der Waals surface area contributed by atoms with Gasteiger partial charge in [-0.25, -0.2) is 13.6 Å². The van der Waals surface area contributed by atoms with Crippen molar-refractivity contribution in [1.82, 2.24) is 5.32 Å². The largest absolute Gasteiger partial charge is 0.480 e. The van der Waals surface area contributed by atoms with E-state index in [0.717, 1.165) is 6.07 Å². The molecule has 0 heterocycles. The quantitative estimate of drug-likeness (QED) is 0.873. The number of aliphatic carboxylic acids is 1. The SMILES string of the molecule is Cc1ccc(F)c(C(=O)N[C@@H](CC(C)C)C(=O)O)c1F. The molecule has 0 fully saturated rings. The molecular weight excluding hydrogens is 268 g/mol. The van der Waals surface area contributed by atoms with Crippen LogP contribution in [0.3, 0.4) is 0 Å². The van der Waals surface area contributed by atoms with Gasteiger partial charge in [0, 0.05) is 0 Å². The van der Waals surface area contributed by atoms with Crippen LogP contribution in [-0.2, 0) is 4.79 Å². The normalized spacial score (nSPS) is 12.3. The number of nitrogens with one attached hydrogen (secondary N) is 1. The summed E-state index contributed by atoms with van der Waals surface area (Å²) in [5.74, 6) is -4.27. The van der Waals surface area contributed by atoms with Crippen molar-refractivity contribution in [3.05, 3.63) is 34.9 Å². The summed E-state index contributed by atoms with van der Waals surface area (Å²) in [5.41, 5.74) is -0.632. The van der Waals surface area contributed by atoms with Crippen molar-refractivity contribution in [2.24, 2.45) is 5.92 Å². The molecule has 1 rings (SSSR count). The van der Waals surface area contributed by atoms with Crippen molar-refractivity contribution < 1.29 is 23.5 Å². The zero-order valence-corrected chi connectivity index (χ0v) is 11.5. The first-order valence-corrected chi connectivity index (χ1v) is 6.22. The number of halogens is 2. The fourth-order valence-corrected chi connectivity index (χ4v) is 1.79. The average Bonchev–Trinajstić information content (AvgIpc) is 2.33. The molecule has 6 heteroatoms. The number of carbonyl (C=O) groups is 2. The Morgan fingerprint density at radius 2 is 1.90 bits per heavy atom. The molecule has 0 saturated heterocycles. The smallest absolute Gasteiger partial charge is 0.326 e. The van der Waals surface area contributed by atoms with Crippen LogP contribution in [0.15, 0.2) is 12.1 Å². The Balaban J connectivity index is 3.01. The highest BCUT2D eigenvalue weighted by Gasteiger charge is 2.25. The number of hydrogen-bond acceptors (Lipinski definition) is 2. The van der Waals surface area contributed by atoms with Gasteiger partial charge in [0.25, 0.3) is 5.91 Å². The van der Waals surface area contributed by atoms with Crippen molar-refractivity contribution in [2.45, 2.75) is 33.2 Å². The van der Waals surface area contributed by atoms with E-state index in [9.17, 15) is 18.4 Å². The molecule has 4 nitrogen and oxygen atoms in total. The Morgan fingerprint density at radius 1 is 1.30 bits per heavy atom. The van der Waals surface area contributed by atoms with Crippen molar-refractivity contribution in [1.29, 1.82) is 0 Å². The summed E-state index contributed by atoms with van der Waals surface area (Å²) < 4.78 is 27.3. The lowest BCUT2D eigenvalue weighted by molar-refractivity contribution is -0.139. The topological polar surface area (TPSA) is 66.4 Å². The van der Waals surface area contributed by atoms with E-state index in [1.165, 1.54) is 13.0 Å². The van der Waals surface area contributed by atoms with Gasteiger partial charge < -0.3 is 10.4 Å². The summed E-state index contributed by atoms with van der Waals surface area (Å²) in [5, 5.41) is 11.2. The fraction of sp³-hybridized carbons (Fsp3) is 0.429. The van der Waals surface area contributed by atoms with Crippen molar-refractivity contribution in [3.8, 4) is 0 Å². The number of aryl methyl sites for hydroxylation is 1. The molecule has 0 aliphatic heterocycles. The summed E-state index contributed by atoms with van der Waals surface area (Å²) in [4.78, 5) is 22.9. The second-order valence-electron chi connectivity index (χ2n) is 5.05. The number of carbonyl (C=O) groups excluding carboxylic acids is 1. The summed E-state index contributed by atoms with van der Waals surface area (Å²) in [6.07, 6.45) is 0.177. The third-order valence-electron chi connectivity index (χ3n) is 2.82. The van der Waals surface area contributed by atoms with E-state index in [2.05, 4.69) is 5.32 Å². The van der Waals surface area contributed by atoms with Crippen LogP contribution in [0, 0.1) is 24.5 Å². The minimum atomic E-state index is -1.24. The van der Waals surface area contributed by atoms with Crippen LogP contribution in [0.5, 0.6) is 0 Å². The molecular formula is C14H17F2NO3. The summed E-state index contributed by atoms with van der Waals surface area (Å²) in [6, 6.07) is 1.01. The monoisotopic (exact) mass is 285 g/mol. The Labute approximate surface area is 115 Å². The average molecular weight is 285 g/mol. The molecule has 0 aromatic heterocycles. The Morgan fingerprint density at radius 3 is 2.40 bits per heavy atom. The van der Waals surface area contributed by atoms with Gasteiger partial charge in [0.15, 0.2) is 0 Å². The molecule has 0 aliphatic carbocycles. The lowest BCUT2D eigenvalue weighted by Gasteiger charge is -2.17. The van der Waals surface area contributed by atoms with Crippen LogP contribution in [-0.4, -0.2) is 23.0 Å². The van der Waals surface area contributed by atoms with E-state index in [-0.39, 0.29) is 17.9 Å². The molecule has 2 N–H and O–H groups in total. The van der Waals surface area contributed by atoms with Crippen LogP contribution >= 0.6 is 0 Å². The number of benzene rings is 1. The zero-order valence-electron chi connectivity index (χ0n) is 11.5. The van der Waals surface area contributed by atoms with Crippen LogP contribution in [0.1, 0.15) is 36.2 Å². The predicted molar refractivity (Wildman–Crippen MR) is 69.4 cm³/mol. The Kier molecular flexibility index (Phi) is 5.19. The maximum absolute atomic E-state index is 13.8. The standard InChI is InChI=1S/C14H17F2NO3/c1-7(2)6-10(14(19)20)17-13(18)11-9(15)5-4-8(3)12(11)16/h4-5,7,10H,6H2,1-3H3,(H,17,18)(H,19,20)/t10-/m0/s1. The molecule has 0 unspecified atom stereocenters. The molecule has 1 aromatic carbocycles. The third kappa shape index (κ3) is 3.76. The first kappa shape index (κ1) is 16.1. The second kappa shape index (κ2) is 6.45. The van der Waals surface area contributed by atoms with Gasteiger partial charge in [-0.05, 0) is 30.9 Å². The molecule has 0 bridgehead atoms. The van der Waals surface area contributed by atoms with Crippen molar-refractivity contribution in [3.63, 3.8) is 0 Å². The van der Waals surface area contributed by atoms with E-state index in [4.69, 9.17) is 5.11 Å². The second-order valence-corrected chi connectivity index (χ2v) is 5.05. The Bertz CT molecular complexity index is 529. The number of amides is 1. The summed E-state index contributed by atoms with van der Waals surface area (Å²) >= 11 is 0. The minimum absolute atomic E-state index is 0.0172. The van der Waals surface area contributed by atoms with E-state index in [0.29, 0.717) is 0 Å². The number of carboxylic acids is 1.